The third-order valence-electron chi connectivity index (χ3n) is 8.06. The molecule has 0 unspecified atom stereocenters. The molecule has 3 aliphatic heterocycles. The van der Waals surface area contributed by atoms with Crippen molar-refractivity contribution in [2.45, 2.75) is 55.8 Å². The van der Waals surface area contributed by atoms with Crippen molar-refractivity contribution >= 4 is 5.97 Å². The van der Waals surface area contributed by atoms with Crippen LogP contribution in [0.15, 0.2) is 54.6 Å². The van der Waals surface area contributed by atoms with Gasteiger partial charge in [-0.05, 0) is 30.2 Å². The van der Waals surface area contributed by atoms with E-state index in [0.29, 0.717) is 35.1 Å². The van der Waals surface area contributed by atoms with E-state index in [1.54, 1.807) is 19.1 Å². The van der Waals surface area contributed by atoms with Gasteiger partial charge in [0.2, 0.25) is 12.0 Å². The number of aliphatic carboxylic acids is 1. The summed E-state index contributed by atoms with van der Waals surface area (Å²) in [5, 5.41) is 52.8. The van der Waals surface area contributed by atoms with Crippen LogP contribution >= 0.6 is 0 Å². The number of aliphatic hydroxyl groups is 4. The largest absolute Gasteiger partial charge is 0.492 e. The molecule has 3 aromatic rings. The van der Waals surface area contributed by atoms with Crippen molar-refractivity contribution in [3.63, 3.8) is 0 Å². The lowest BCUT2D eigenvalue weighted by Gasteiger charge is -2.38. The quantitative estimate of drug-likeness (QED) is 0.141. The molecular formula is C32H35NO12. The van der Waals surface area contributed by atoms with E-state index in [9.17, 15) is 30.3 Å². The summed E-state index contributed by atoms with van der Waals surface area (Å²) in [6, 6.07) is 16.5. The van der Waals surface area contributed by atoms with Crippen molar-refractivity contribution in [3.8, 4) is 39.9 Å². The number of hydrogen-bond acceptors (Lipinski definition) is 12. The summed E-state index contributed by atoms with van der Waals surface area (Å²) < 4.78 is 35.7. The Morgan fingerprint density at radius 1 is 1.07 bits per heavy atom. The summed E-state index contributed by atoms with van der Waals surface area (Å²) in [4.78, 5) is 11.6. The molecule has 0 saturated carbocycles. The highest BCUT2D eigenvalue weighted by molar-refractivity contribution is 5.75. The molecule has 6 rings (SSSR count). The fraction of sp³-hybridized carbons (Fsp3) is 0.406. The third-order valence-corrected chi connectivity index (χ3v) is 8.06. The van der Waals surface area contributed by atoms with Gasteiger partial charge in [0, 0.05) is 23.7 Å². The number of ether oxygens (including phenoxy) is 6. The summed E-state index contributed by atoms with van der Waals surface area (Å²) in [6.07, 6.45) is -9.77. The van der Waals surface area contributed by atoms with Gasteiger partial charge >= 0.3 is 5.97 Å². The summed E-state index contributed by atoms with van der Waals surface area (Å²) in [5.74, 6) is 0.358. The first-order valence-corrected chi connectivity index (χ1v) is 14.5. The van der Waals surface area contributed by atoms with Crippen LogP contribution in [0, 0.1) is 0 Å². The zero-order chi connectivity index (χ0) is 31.8. The number of fused-ring (bicyclic) bond motifs is 5. The molecule has 0 bridgehead atoms. The van der Waals surface area contributed by atoms with Crippen molar-refractivity contribution in [3.05, 3.63) is 65.7 Å². The maximum atomic E-state index is 11.6. The van der Waals surface area contributed by atoms with Crippen LogP contribution in [-0.4, -0.2) is 95.3 Å². The van der Waals surface area contributed by atoms with E-state index in [2.05, 4.69) is 5.32 Å². The smallest absolute Gasteiger partial charge is 0.335 e. The Kier molecular flexibility index (Phi) is 8.73. The molecule has 13 nitrogen and oxygen atoms in total. The average molecular weight is 626 g/mol. The number of benzene rings is 3. The van der Waals surface area contributed by atoms with Gasteiger partial charge in [-0.2, -0.15) is 0 Å². The second kappa shape index (κ2) is 12.7. The lowest BCUT2D eigenvalue weighted by molar-refractivity contribution is -0.271. The molecule has 3 aromatic carbocycles. The maximum Gasteiger partial charge on any atom is 0.335 e. The van der Waals surface area contributed by atoms with Crippen molar-refractivity contribution in [1.82, 2.24) is 5.32 Å². The standard InChI is InChI=1S/C32H35NO12/c1-15(34)12-33-14-42-21-9-8-18-20-13-41-22-11-17(43-32-26(37)24(35)25(36)30(45-32)31(38)39)10-19(16-6-4-3-5-7-16)23(22)27(20)44-28(18)29(21)40-2/h3-11,15,20,24-27,30,32-37H,12-14H2,1-2H3,(H,38,39)/t15-,20-,24-,25-,26+,27-,30-,32-/m0/s1. The Morgan fingerprint density at radius 2 is 1.84 bits per heavy atom. The van der Waals surface area contributed by atoms with Crippen LogP contribution in [0.2, 0.25) is 0 Å². The van der Waals surface area contributed by atoms with Crippen LogP contribution < -0.4 is 29.0 Å². The van der Waals surface area contributed by atoms with Gasteiger partial charge in [0.25, 0.3) is 0 Å². The molecule has 0 radical (unpaired) electrons. The minimum Gasteiger partial charge on any atom is -0.492 e. The van der Waals surface area contributed by atoms with E-state index in [4.69, 9.17) is 28.4 Å². The first-order valence-electron chi connectivity index (χ1n) is 14.5. The zero-order valence-electron chi connectivity index (χ0n) is 24.5. The van der Waals surface area contributed by atoms with E-state index < -0.39 is 48.9 Å². The van der Waals surface area contributed by atoms with Crippen LogP contribution in [-0.2, 0) is 9.53 Å². The second-order valence-electron chi connectivity index (χ2n) is 11.2. The van der Waals surface area contributed by atoms with Crippen molar-refractivity contribution in [2.24, 2.45) is 0 Å². The Balaban J connectivity index is 1.34. The van der Waals surface area contributed by atoms with Crippen molar-refractivity contribution in [2.75, 3.05) is 27.0 Å². The van der Waals surface area contributed by atoms with Gasteiger partial charge in [-0.1, -0.05) is 36.4 Å². The highest BCUT2D eigenvalue weighted by atomic mass is 16.7. The molecule has 3 heterocycles. The van der Waals surface area contributed by atoms with Crippen molar-refractivity contribution in [1.29, 1.82) is 0 Å². The van der Waals surface area contributed by atoms with Crippen LogP contribution in [0.1, 0.15) is 30.1 Å². The number of aliphatic hydroxyl groups excluding tert-OH is 4. The Morgan fingerprint density at radius 3 is 2.56 bits per heavy atom. The Bertz CT molecular complexity index is 1530. The second-order valence-corrected chi connectivity index (χ2v) is 11.2. The monoisotopic (exact) mass is 625 g/mol. The summed E-state index contributed by atoms with van der Waals surface area (Å²) in [7, 11) is 1.53. The molecule has 8 atom stereocenters. The minimum atomic E-state index is -1.84. The molecule has 1 saturated heterocycles. The fourth-order valence-electron chi connectivity index (χ4n) is 5.89. The van der Waals surface area contributed by atoms with Crippen LogP contribution in [0.3, 0.4) is 0 Å². The number of carboxylic acid groups (broad SMARTS) is 1. The van der Waals surface area contributed by atoms with Gasteiger partial charge < -0.3 is 54.0 Å². The first-order chi connectivity index (χ1) is 21.7. The van der Waals surface area contributed by atoms with Crippen LogP contribution in [0.5, 0.6) is 28.7 Å². The molecule has 3 aliphatic rings. The lowest BCUT2D eigenvalue weighted by Crippen LogP contribution is -2.61. The average Bonchev–Trinajstić information content (AvgIpc) is 3.41. The molecule has 0 amide bonds. The summed E-state index contributed by atoms with van der Waals surface area (Å²) >= 11 is 0. The molecule has 45 heavy (non-hydrogen) atoms. The highest BCUT2D eigenvalue weighted by Crippen LogP contribution is 2.58. The molecule has 240 valence electrons. The van der Waals surface area contributed by atoms with E-state index in [1.807, 2.05) is 42.5 Å². The number of rotatable bonds is 10. The SMILES string of the molecule is COc1c(OCNC[C@H](C)O)ccc2c1O[C@@H]1c3c(cc(O[C@H]4O[C@H](C(=O)O)[C@@H](O)[C@H](O)[C@H]4O)cc3-c3ccccc3)OC[C@@H]21. The lowest BCUT2D eigenvalue weighted by atomic mass is 9.85. The number of carboxylic acids is 1. The van der Waals surface area contributed by atoms with Crippen LogP contribution in [0.25, 0.3) is 11.1 Å². The molecule has 13 heteroatoms. The minimum absolute atomic E-state index is 0.155. The predicted molar refractivity (Wildman–Crippen MR) is 157 cm³/mol. The van der Waals surface area contributed by atoms with Gasteiger partial charge in [-0.3, -0.25) is 5.32 Å². The molecule has 6 N–H and O–H groups in total. The molecular weight excluding hydrogens is 590 g/mol. The molecule has 0 aromatic heterocycles. The van der Waals surface area contributed by atoms with Gasteiger partial charge in [-0.15, -0.1) is 0 Å². The number of hydrogen-bond donors (Lipinski definition) is 6. The maximum absolute atomic E-state index is 11.6. The molecule has 0 spiro atoms. The Hall–Kier alpha value is -4.11. The first kappa shape index (κ1) is 30.9. The highest BCUT2D eigenvalue weighted by Gasteiger charge is 2.49. The fourth-order valence-corrected chi connectivity index (χ4v) is 5.89. The van der Waals surface area contributed by atoms with Gasteiger partial charge in [0.1, 0.15) is 42.6 Å². The molecule has 1 fully saturated rings. The predicted octanol–water partition coefficient (Wildman–Crippen LogP) is 1.55. The number of carbonyl (C=O) groups is 1. The van der Waals surface area contributed by atoms with E-state index in [-0.39, 0.29) is 25.0 Å². The van der Waals surface area contributed by atoms with E-state index in [0.717, 1.165) is 16.7 Å². The van der Waals surface area contributed by atoms with Gasteiger partial charge in [0.15, 0.2) is 17.6 Å². The number of methoxy groups -OCH3 is 1. The van der Waals surface area contributed by atoms with Gasteiger partial charge in [0.05, 0.1) is 25.7 Å². The van der Waals surface area contributed by atoms with E-state index in [1.165, 1.54) is 7.11 Å². The van der Waals surface area contributed by atoms with Gasteiger partial charge in [-0.25, -0.2) is 4.79 Å². The zero-order valence-corrected chi connectivity index (χ0v) is 24.5. The summed E-state index contributed by atoms with van der Waals surface area (Å²) in [6.45, 7) is 2.46. The molecule has 0 aliphatic carbocycles. The third kappa shape index (κ3) is 5.86. The number of nitrogens with one attached hydrogen (secondary N) is 1. The van der Waals surface area contributed by atoms with E-state index >= 15 is 0 Å². The topological polar surface area (TPSA) is 186 Å². The van der Waals surface area contributed by atoms with Crippen molar-refractivity contribution < 1.29 is 58.7 Å². The Labute approximate surface area is 258 Å². The summed E-state index contributed by atoms with van der Waals surface area (Å²) in [5.41, 5.74) is 3.14. The van der Waals surface area contributed by atoms with Crippen LogP contribution in [0.4, 0.5) is 0 Å². The normalized spacial score (nSPS) is 27.2.